The van der Waals surface area contributed by atoms with Gasteiger partial charge in [-0.05, 0) is 50.2 Å². The van der Waals surface area contributed by atoms with Gasteiger partial charge in [0, 0.05) is 11.3 Å². The highest BCUT2D eigenvalue weighted by Crippen LogP contribution is 2.31. The van der Waals surface area contributed by atoms with E-state index in [0.29, 0.717) is 27.8 Å². The van der Waals surface area contributed by atoms with E-state index >= 15 is 0 Å². The van der Waals surface area contributed by atoms with Crippen molar-refractivity contribution >= 4 is 23.4 Å². The third-order valence-electron chi connectivity index (χ3n) is 4.36. The molecule has 2 aromatic carbocycles. The smallest absolute Gasteiger partial charge is 0.277 e. The molecule has 4 rings (SSSR count). The summed E-state index contributed by atoms with van der Waals surface area (Å²) >= 11 is 7.93. The van der Waals surface area contributed by atoms with Crippen molar-refractivity contribution in [2.45, 2.75) is 30.9 Å². The fourth-order valence-electron chi connectivity index (χ4n) is 2.78. The molecule has 0 fully saturated rings. The van der Waals surface area contributed by atoms with Gasteiger partial charge in [0.25, 0.3) is 11.1 Å². The van der Waals surface area contributed by atoms with Gasteiger partial charge in [-0.25, -0.2) is 9.07 Å². The van der Waals surface area contributed by atoms with Crippen LogP contribution in [-0.2, 0) is 5.75 Å². The molecule has 30 heavy (non-hydrogen) atoms. The van der Waals surface area contributed by atoms with Gasteiger partial charge in [-0.15, -0.1) is 10.2 Å². The molecule has 6 nitrogen and oxygen atoms in total. The number of hydrogen-bond donors (Lipinski definition) is 0. The number of ether oxygens (including phenoxy) is 1. The van der Waals surface area contributed by atoms with Crippen molar-refractivity contribution in [1.29, 1.82) is 0 Å². The summed E-state index contributed by atoms with van der Waals surface area (Å²) in [5.41, 5.74) is 2.64. The van der Waals surface area contributed by atoms with Crippen LogP contribution in [0.1, 0.15) is 30.2 Å². The summed E-state index contributed by atoms with van der Waals surface area (Å²) in [5, 5.41) is 13.6. The molecule has 0 aliphatic heterocycles. The van der Waals surface area contributed by atoms with Crippen molar-refractivity contribution < 1.29 is 13.5 Å². The number of hydrogen-bond acceptors (Lipinski definition) is 6. The minimum absolute atomic E-state index is 0.323. The summed E-state index contributed by atoms with van der Waals surface area (Å²) in [6.07, 6.45) is -0.469. The number of para-hydroxylation sites is 1. The monoisotopic (exact) mass is 444 g/mol. The van der Waals surface area contributed by atoms with Gasteiger partial charge in [-0.3, -0.25) is 0 Å². The Hall–Kier alpha value is -2.84. The lowest BCUT2D eigenvalue weighted by atomic mass is 10.3. The van der Waals surface area contributed by atoms with Crippen LogP contribution in [0.15, 0.2) is 64.2 Å². The Balaban J connectivity index is 1.42. The van der Waals surface area contributed by atoms with Crippen molar-refractivity contribution in [2.24, 2.45) is 0 Å². The molecule has 0 N–H and O–H groups in total. The molecular weight excluding hydrogens is 427 g/mol. The van der Waals surface area contributed by atoms with Gasteiger partial charge in [0.2, 0.25) is 0 Å². The van der Waals surface area contributed by atoms with Crippen LogP contribution in [-0.4, -0.2) is 20.0 Å². The zero-order valence-corrected chi connectivity index (χ0v) is 17.8. The molecule has 0 radical (unpaired) electrons. The van der Waals surface area contributed by atoms with Crippen molar-refractivity contribution in [3.8, 4) is 11.4 Å². The van der Waals surface area contributed by atoms with Gasteiger partial charge in [0.15, 0.2) is 6.10 Å². The topological polar surface area (TPSA) is 66.0 Å². The normalized spacial score (nSPS) is 12.1. The SMILES string of the molecule is Cc1nn(-c2ccccc2)c(Cl)c1CSc1nnc(C(C)Oc2ccc(F)cc2)o1. The Morgan fingerprint density at radius 1 is 1.13 bits per heavy atom. The van der Waals surface area contributed by atoms with Crippen LogP contribution in [0.3, 0.4) is 0 Å². The maximum absolute atomic E-state index is 13.0. The lowest BCUT2D eigenvalue weighted by Gasteiger charge is -2.10. The molecule has 1 unspecified atom stereocenters. The first-order valence-corrected chi connectivity index (χ1v) is 10.6. The fourth-order valence-corrected chi connectivity index (χ4v) is 4.05. The second-order valence-electron chi connectivity index (χ2n) is 6.51. The van der Waals surface area contributed by atoms with Crippen LogP contribution in [0.4, 0.5) is 4.39 Å². The molecule has 4 aromatic rings. The van der Waals surface area contributed by atoms with E-state index in [0.717, 1.165) is 16.9 Å². The molecule has 2 heterocycles. The highest BCUT2D eigenvalue weighted by Gasteiger charge is 2.19. The van der Waals surface area contributed by atoms with E-state index in [4.69, 9.17) is 20.8 Å². The number of nitrogens with zero attached hydrogens (tertiary/aromatic N) is 4. The highest BCUT2D eigenvalue weighted by atomic mass is 35.5. The molecule has 154 valence electrons. The number of halogens is 2. The van der Waals surface area contributed by atoms with Crippen LogP contribution >= 0.6 is 23.4 Å². The second-order valence-corrected chi connectivity index (χ2v) is 7.80. The Kier molecular flexibility index (Phi) is 6.06. The van der Waals surface area contributed by atoms with E-state index in [9.17, 15) is 4.39 Å². The maximum atomic E-state index is 13.0. The first-order valence-electron chi connectivity index (χ1n) is 9.19. The van der Waals surface area contributed by atoms with Crippen molar-refractivity contribution in [1.82, 2.24) is 20.0 Å². The number of thioether (sulfide) groups is 1. The van der Waals surface area contributed by atoms with Crippen LogP contribution in [0.5, 0.6) is 5.75 Å². The average Bonchev–Trinajstić information content (AvgIpc) is 3.33. The van der Waals surface area contributed by atoms with Crippen LogP contribution < -0.4 is 4.74 Å². The minimum Gasteiger partial charge on any atom is -0.481 e. The number of rotatable bonds is 7. The lowest BCUT2D eigenvalue weighted by molar-refractivity contribution is 0.181. The fraction of sp³-hybridized carbons (Fsp3) is 0.190. The number of aryl methyl sites for hydroxylation is 1. The number of benzene rings is 2. The zero-order chi connectivity index (χ0) is 21.1. The Morgan fingerprint density at radius 2 is 1.87 bits per heavy atom. The highest BCUT2D eigenvalue weighted by molar-refractivity contribution is 7.98. The van der Waals surface area contributed by atoms with E-state index < -0.39 is 6.10 Å². The van der Waals surface area contributed by atoms with Crippen LogP contribution in [0.2, 0.25) is 5.15 Å². The van der Waals surface area contributed by atoms with Gasteiger partial charge in [0.05, 0.1) is 11.4 Å². The van der Waals surface area contributed by atoms with Crippen molar-refractivity contribution in [3.05, 3.63) is 82.7 Å². The molecule has 9 heteroatoms. The van der Waals surface area contributed by atoms with E-state index in [1.807, 2.05) is 37.3 Å². The first-order chi connectivity index (χ1) is 14.5. The molecule has 0 spiro atoms. The third-order valence-corrected chi connectivity index (χ3v) is 5.59. The van der Waals surface area contributed by atoms with Crippen molar-refractivity contribution in [2.75, 3.05) is 0 Å². The molecule has 0 saturated carbocycles. The quantitative estimate of drug-likeness (QED) is 0.336. The second kappa shape index (κ2) is 8.89. The zero-order valence-electron chi connectivity index (χ0n) is 16.3. The van der Waals surface area contributed by atoms with Gasteiger partial charge in [-0.2, -0.15) is 5.10 Å². The van der Waals surface area contributed by atoms with Gasteiger partial charge in [0.1, 0.15) is 16.7 Å². The standard InChI is InChI=1S/C21H18ClFN4O2S/c1-13-18(19(22)27(26-13)16-6-4-3-5-7-16)12-30-21-25-24-20(29-21)14(2)28-17-10-8-15(23)9-11-17/h3-11,14H,12H2,1-2H3. The predicted octanol–water partition coefficient (Wildman–Crippen LogP) is 5.79. The molecule has 0 bridgehead atoms. The van der Waals surface area contributed by atoms with Crippen LogP contribution in [0.25, 0.3) is 5.69 Å². The third kappa shape index (κ3) is 4.49. The predicted molar refractivity (Wildman–Crippen MR) is 113 cm³/mol. The van der Waals surface area contributed by atoms with Crippen molar-refractivity contribution in [3.63, 3.8) is 0 Å². The van der Waals surface area contributed by atoms with E-state index in [2.05, 4.69) is 15.3 Å². The molecule has 2 aromatic heterocycles. The van der Waals surface area contributed by atoms with E-state index in [-0.39, 0.29) is 5.82 Å². The molecule has 0 saturated heterocycles. The Morgan fingerprint density at radius 3 is 2.60 bits per heavy atom. The summed E-state index contributed by atoms with van der Waals surface area (Å²) in [5.74, 6) is 1.07. The van der Waals surface area contributed by atoms with Gasteiger partial charge < -0.3 is 9.15 Å². The summed E-state index contributed by atoms with van der Waals surface area (Å²) in [6, 6.07) is 15.5. The summed E-state index contributed by atoms with van der Waals surface area (Å²) in [6.45, 7) is 3.70. The molecular formula is C21H18ClFN4O2S. The lowest BCUT2D eigenvalue weighted by Crippen LogP contribution is -2.03. The summed E-state index contributed by atoms with van der Waals surface area (Å²) < 4.78 is 26.1. The largest absolute Gasteiger partial charge is 0.481 e. The molecule has 0 aliphatic carbocycles. The Labute approximate surface area is 182 Å². The first kappa shape index (κ1) is 20.4. The Bertz CT molecular complexity index is 1130. The average molecular weight is 445 g/mol. The van der Waals surface area contributed by atoms with Gasteiger partial charge >= 0.3 is 0 Å². The minimum atomic E-state index is -0.469. The molecule has 0 amide bonds. The van der Waals surface area contributed by atoms with E-state index in [1.54, 1.807) is 23.7 Å². The van der Waals surface area contributed by atoms with E-state index in [1.165, 1.54) is 23.9 Å². The van der Waals surface area contributed by atoms with Crippen LogP contribution in [0, 0.1) is 12.7 Å². The van der Waals surface area contributed by atoms with Gasteiger partial charge in [-0.1, -0.05) is 41.6 Å². The summed E-state index contributed by atoms with van der Waals surface area (Å²) in [7, 11) is 0. The molecule has 1 atom stereocenters. The number of aromatic nitrogens is 4. The maximum Gasteiger partial charge on any atom is 0.277 e. The molecule has 0 aliphatic rings. The summed E-state index contributed by atoms with van der Waals surface area (Å²) in [4.78, 5) is 0.